The third-order valence-corrected chi connectivity index (χ3v) is 3.72. The van der Waals surface area contributed by atoms with Crippen LogP contribution in [-0.2, 0) is 5.41 Å². The molecule has 15 heavy (non-hydrogen) atoms. The summed E-state index contributed by atoms with van der Waals surface area (Å²) in [5.41, 5.74) is 2.50. The van der Waals surface area contributed by atoms with Crippen molar-refractivity contribution in [2.24, 2.45) is 0 Å². The maximum Gasteiger partial charge on any atom is 0.0608 e. The molecule has 1 heterocycles. The van der Waals surface area contributed by atoms with Crippen molar-refractivity contribution in [3.8, 4) is 0 Å². The van der Waals surface area contributed by atoms with Gasteiger partial charge in [0.05, 0.1) is 6.10 Å². The van der Waals surface area contributed by atoms with Crippen LogP contribution in [0.3, 0.4) is 0 Å². The van der Waals surface area contributed by atoms with Crippen LogP contribution in [0.1, 0.15) is 25.3 Å². The topological polar surface area (TPSA) is 36.0 Å². The lowest BCUT2D eigenvalue weighted by Gasteiger charge is -2.19. The molecule has 2 nitrogen and oxygen atoms in total. The van der Waals surface area contributed by atoms with Gasteiger partial charge >= 0.3 is 0 Å². The highest BCUT2D eigenvalue weighted by Gasteiger charge is 2.48. The molecule has 0 bridgehead atoms. The summed E-state index contributed by atoms with van der Waals surface area (Å²) in [4.78, 5) is 3.19. The Kier molecular flexibility index (Phi) is 1.71. The fourth-order valence-corrected chi connectivity index (χ4v) is 2.45. The molecule has 0 aliphatic heterocycles. The summed E-state index contributed by atoms with van der Waals surface area (Å²) >= 11 is 0. The van der Waals surface area contributed by atoms with Crippen LogP contribution < -0.4 is 0 Å². The number of aliphatic hydroxyl groups excluding tert-OH is 1. The van der Waals surface area contributed by atoms with Crippen molar-refractivity contribution in [3.05, 3.63) is 36.0 Å². The number of aromatic amines is 1. The zero-order chi connectivity index (χ0) is 10.5. The first-order chi connectivity index (χ1) is 7.22. The third kappa shape index (κ3) is 1.21. The lowest BCUT2D eigenvalue weighted by Crippen LogP contribution is -2.22. The summed E-state index contributed by atoms with van der Waals surface area (Å²) < 4.78 is 0. The van der Waals surface area contributed by atoms with Crippen LogP contribution in [0.4, 0.5) is 0 Å². The van der Waals surface area contributed by atoms with E-state index < -0.39 is 0 Å². The fourth-order valence-electron chi connectivity index (χ4n) is 2.45. The van der Waals surface area contributed by atoms with Gasteiger partial charge in [-0.3, -0.25) is 0 Å². The van der Waals surface area contributed by atoms with E-state index in [0.29, 0.717) is 0 Å². The molecule has 0 saturated heterocycles. The summed E-state index contributed by atoms with van der Waals surface area (Å²) in [7, 11) is 0. The quantitative estimate of drug-likeness (QED) is 0.769. The number of H-pyrrole nitrogens is 1. The van der Waals surface area contributed by atoms with Crippen LogP contribution in [0.15, 0.2) is 30.5 Å². The molecule has 1 aromatic heterocycles. The van der Waals surface area contributed by atoms with Crippen LogP contribution in [0, 0.1) is 0 Å². The zero-order valence-corrected chi connectivity index (χ0v) is 8.83. The summed E-state index contributed by atoms with van der Waals surface area (Å²) in [5, 5.41) is 11.0. The first-order valence-electron chi connectivity index (χ1n) is 5.48. The van der Waals surface area contributed by atoms with E-state index >= 15 is 0 Å². The molecule has 0 radical (unpaired) electrons. The molecule has 1 aliphatic rings. The summed E-state index contributed by atoms with van der Waals surface area (Å²) in [5.74, 6) is 0. The summed E-state index contributed by atoms with van der Waals surface area (Å²) in [6, 6.07) is 8.52. The molecule has 2 heteroatoms. The van der Waals surface area contributed by atoms with Gasteiger partial charge in [0.15, 0.2) is 0 Å². The molecule has 1 aliphatic carbocycles. The first-order valence-corrected chi connectivity index (χ1v) is 5.48. The van der Waals surface area contributed by atoms with Crippen molar-refractivity contribution in [2.45, 2.75) is 31.3 Å². The third-order valence-electron chi connectivity index (χ3n) is 3.72. The second-order valence-electron chi connectivity index (χ2n) is 4.61. The Morgan fingerprint density at radius 2 is 2.13 bits per heavy atom. The molecule has 0 amide bonds. The molecule has 78 valence electrons. The monoisotopic (exact) mass is 201 g/mol. The maximum absolute atomic E-state index is 9.81. The van der Waals surface area contributed by atoms with Crippen molar-refractivity contribution in [1.82, 2.24) is 4.98 Å². The van der Waals surface area contributed by atoms with Gasteiger partial charge in [0.2, 0.25) is 0 Å². The molecular weight excluding hydrogens is 186 g/mol. The first kappa shape index (κ1) is 8.98. The average molecular weight is 201 g/mol. The van der Waals surface area contributed by atoms with E-state index in [1.54, 1.807) is 0 Å². The Morgan fingerprint density at radius 3 is 2.80 bits per heavy atom. The number of hydrogen-bond donors (Lipinski definition) is 2. The van der Waals surface area contributed by atoms with E-state index in [4.69, 9.17) is 0 Å². The van der Waals surface area contributed by atoms with E-state index in [-0.39, 0.29) is 11.5 Å². The van der Waals surface area contributed by atoms with Crippen LogP contribution in [-0.4, -0.2) is 16.2 Å². The Labute approximate surface area is 88.9 Å². The Bertz CT molecular complexity index is 494. The summed E-state index contributed by atoms with van der Waals surface area (Å²) in [6.45, 7) is 1.90. The molecule has 1 atom stereocenters. The minimum absolute atomic E-state index is 0.0471. The molecule has 2 N–H and O–H groups in total. The van der Waals surface area contributed by atoms with Gasteiger partial charge in [0.25, 0.3) is 0 Å². The normalized spacial score (nSPS) is 20.4. The van der Waals surface area contributed by atoms with Gasteiger partial charge in [-0.25, -0.2) is 0 Å². The summed E-state index contributed by atoms with van der Waals surface area (Å²) in [6.07, 6.45) is 3.94. The molecule has 0 spiro atoms. The smallest absolute Gasteiger partial charge is 0.0608 e. The number of aromatic nitrogens is 1. The lowest BCUT2D eigenvalue weighted by atomic mass is 9.90. The second kappa shape index (κ2) is 2.86. The number of aliphatic hydroxyl groups is 1. The predicted molar refractivity (Wildman–Crippen MR) is 60.9 cm³/mol. The Morgan fingerprint density at radius 1 is 1.33 bits per heavy atom. The number of nitrogens with one attached hydrogen (secondary N) is 1. The van der Waals surface area contributed by atoms with Crippen molar-refractivity contribution in [2.75, 3.05) is 0 Å². The van der Waals surface area contributed by atoms with Crippen LogP contribution >= 0.6 is 0 Å². The largest absolute Gasteiger partial charge is 0.392 e. The minimum Gasteiger partial charge on any atom is -0.392 e. The van der Waals surface area contributed by atoms with Crippen LogP contribution in [0.2, 0.25) is 0 Å². The van der Waals surface area contributed by atoms with Crippen molar-refractivity contribution in [3.63, 3.8) is 0 Å². The molecular formula is C13H15NO. The van der Waals surface area contributed by atoms with Crippen molar-refractivity contribution >= 4 is 10.9 Å². The van der Waals surface area contributed by atoms with Gasteiger partial charge in [-0.05, 0) is 48.9 Å². The molecule has 1 unspecified atom stereocenters. The predicted octanol–water partition coefficient (Wildman–Crippen LogP) is 2.58. The number of rotatable bonds is 2. The Hall–Kier alpha value is -1.28. The van der Waals surface area contributed by atoms with Crippen LogP contribution in [0.5, 0.6) is 0 Å². The maximum atomic E-state index is 9.81. The van der Waals surface area contributed by atoms with Gasteiger partial charge < -0.3 is 10.1 Å². The van der Waals surface area contributed by atoms with Crippen molar-refractivity contribution in [1.29, 1.82) is 0 Å². The van der Waals surface area contributed by atoms with E-state index in [1.165, 1.54) is 16.5 Å². The van der Waals surface area contributed by atoms with Gasteiger partial charge in [0.1, 0.15) is 0 Å². The Balaban J connectivity index is 2.11. The second-order valence-corrected chi connectivity index (χ2v) is 4.61. The van der Waals surface area contributed by atoms with E-state index in [9.17, 15) is 5.11 Å². The molecule has 2 aromatic rings. The highest BCUT2D eigenvalue weighted by atomic mass is 16.3. The molecule has 1 fully saturated rings. The average Bonchev–Trinajstić information content (AvgIpc) is 2.91. The van der Waals surface area contributed by atoms with Gasteiger partial charge in [-0.15, -0.1) is 0 Å². The molecule has 1 saturated carbocycles. The zero-order valence-electron chi connectivity index (χ0n) is 8.83. The molecule has 3 rings (SSSR count). The van der Waals surface area contributed by atoms with E-state index in [1.807, 2.05) is 13.1 Å². The fraction of sp³-hybridized carbons (Fsp3) is 0.385. The van der Waals surface area contributed by atoms with Gasteiger partial charge in [-0.2, -0.15) is 0 Å². The highest BCUT2D eigenvalue weighted by Crippen LogP contribution is 2.51. The minimum atomic E-state index is -0.242. The SMILES string of the molecule is CC(O)C1(c2ccc3[nH]ccc3c2)CC1. The van der Waals surface area contributed by atoms with Crippen LogP contribution in [0.25, 0.3) is 10.9 Å². The number of hydrogen-bond acceptors (Lipinski definition) is 1. The van der Waals surface area contributed by atoms with E-state index in [0.717, 1.165) is 12.8 Å². The number of fused-ring (bicyclic) bond motifs is 1. The molecule has 1 aromatic carbocycles. The number of benzene rings is 1. The highest BCUT2D eigenvalue weighted by molar-refractivity contribution is 5.80. The van der Waals surface area contributed by atoms with Gasteiger partial charge in [0, 0.05) is 17.1 Å². The van der Waals surface area contributed by atoms with Gasteiger partial charge in [-0.1, -0.05) is 6.07 Å². The van der Waals surface area contributed by atoms with Crippen molar-refractivity contribution < 1.29 is 5.11 Å². The standard InChI is InChI=1S/C13H15NO/c1-9(15)13(5-6-13)11-2-3-12-10(8-11)4-7-14-12/h2-4,7-9,14-15H,5-6H2,1H3. The lowest BCUT2D eigenvalue weighted by molar-refractivity contribution is 0.151. The van der Waals surface area contributed by atoms with E-state index in [2.05, 4.69) is 29.2 Å².